The highest BCUT2D eigenvalue weighted by Crippen LogP contribution is 2.31. The molecule has 1 N–H and O–H groups in total. The number of rotatable bonds is 6. The van der Waals surface area contributed by atoms with Gasteiger partial charge in [-0.05, 0) is 53.2 Å². The first-order valence-corrected chi connectivity index (χ1v) is 8.37. The van der Waals surface area contributed by atoms with E-state index in [1.165, 1.54) is 19.8 Å². The lowest BCUT2D eigenvalue weighted by atomic mass is 10.00. The van der Waals surface area contributed by atoms with Crippen molar-refractivity contribution in [2.45, 2.75) is 26.3 Å². The molecule has 0 saturated carbocycles. The number of ether oxygens (including phenoxy) is 1. The van der Waals surface area contributed by atoms with Crippen molar-refractivity contribution in [3.63, 3.8) is 0 Å². The van der Waals surface area contributed by atoms with Gasteiger partial charge in [0, 0.05) is 22.9 Å². The van der Waals surface area contributed by atoms with Gasteiger partial charge in [-0.1, -0.05) is 19.1 Å². The van der Waals surface area contributed by atoms with E-state index in [1.54, 1.807) is 18.4 Å². The number of benzene rings is 1. The Bertz CT molecular complexity index is 567. The molecule has 0 aliphatic rings. The second-order valence-corrected chi connectivity index (χ2v) is 7.31. The Morgan fingerprint density at radius 1 is 1.30 bits per heavy atom. The van der Waals surface area contributed by atoms with E-state index in [-0.39, 0.29) is 6.04 Å². The van der Waals surface area contributed by atoms with Gasteiger partial charge < -0.3 is 10.1 Å². The van der Waals surface area contributed by atoms with E-state index in [1.807, 2.05) is 0 Å². The Hall–Kier alpha value is -0.840. The Balaban J connectivity index is 2.28. The maximum Gasteiger partial charge on any atom is 0.123 e. The molecule has 1 unspecified atom stereocenters. The number of nitrogens with one attached hydrogen (secondary N) is 1. The van der Waals surface area contributed by atoms with E-state index in [0.717, 1.165) is 18.7 Å². The fraction of sp³-hybridized carbons (Fsp3) is 0.375. The molecule has 20 heavy (non-hydrogen) atoms. The zero-order valence-corrected chi connectivity index (χ0v) is 14.5. The van der Waals surface area contributed by atoms with Gasteiger partial charge >= 0.3 is 0 Å². The summed E-state index contributed by atoms with van der Waals surface area (Å²) in [5, 5.41) is 3.56. The molecule has 0 fully saturated rings. The van der Waals surface area contributed by atoms with Crippen LogP contribution in [0, 0.1) is 6.92 Å². The topological polar surface area (TPSA) is 21.3 Å². The van der Waals surface area contributed by atoms with Gasteiger partial charge in [0.2, 0.25) is 0 Å². The molecule has 2 aromatic rings. The fourth-order valence-electron chi connectivity index (χ4n) is 2.31. The second-order valence-electron chi connectivity index (χ2n) is 4.77. The lowest BCUT2D eigenvalue weighted by Gasteiger charge is -2.20. The third-order valence-corrected chi connectivity index (χ3v) is 4.90. The summed E-state index contributed by atoms with van der Waals surface area (Å²) in [5.74, 6) is 0.964. The van der Waals surface area contributed by atoms with Crippen LogP contribution in [0.3, 0.4) is 0 Å². The van der Waals surface area contributed by atoms with Crippen molar-refractivity contribution in [3.8, 4) is 5.75 Å². The van der Waals surface area contributed by atoms with Gasteiger partial charge in [0.05, 0.1) is 10.9 Å². The van der Waals surface area contributed by atoms with Crippen molar-refractivity contribution in [3.05, 3.63) is 50.1 Å². The Kier molecular flexibility index (Phi) is 5.64. The smallest absolute Gasteiger partial charge is 0.123 e. The quantitative estimate of drug-likeness (QED) is 0.810. The van der Waals surface area contributed by atoms with E-state index in [9.17, 15) is 0 Å². The van der Waals surface area contributed by atoms with Crippen LogP contribution in [0.25, 0.3) is 0 Å². The number of hydrogen-bond acceptors (Lipinski definition) is 3. The fourth-order valence-corrected chi connectivity index (χ4v) is 3.84. The molecule has 0 aliphatic carbocycles. The molecule has 4 heteroatoms. The molecule has 2 nitrogen and oxygen atoms in total. The molecule has 0 spiro atoms. The van der Waals surface area contributed by atoms with Crippen LogP contribution in [0.5, 0.6) is 5.75 Å². The summed E-state index contributed by atoms with van der Waals surface area (Å²) in [5.41, 5.74) is 2.45. The molecule has 0 saturated heterocycles. The third kappa shape index (κ3) is 3.84. The van der Waals surface area contributed by atoms with E-state index in [4.69, 9.17) is 4.74 Å². The summed E-state index contributed by atoms with van der Waals surface area (Å²) in [7, 11) is 1.74. The number of aryl methyl sites for hydroxylation is 1. The van der Waals surface area contributed by atoms with Gasteiger partial charge in [-0.25, -0.2) is 0 Å². The molecule has 0 bridgehead atoms. The minimum atomic E-state index is 0.279. The van der Waals surface area contributed by atoms with Crippen LogP contribution in [0.15, 0.2) is 34.1 Å². The molecular weight excluding hydrogens is 334 g/mol. The zero-order valence-electron chi connectivity index (χ0n) is 12.1. The maximum absolute atomic E-state index is 5.55. The van der Waals surface area contributed by atoms with E-state index < -0.39 is 0 Å². The summed E-state index contributed by atoms with van der Waals surface area (Å²) in [6, 6.07) is 11.0. The van der Waals surface area contributed by atoms with Crippen molar-refractivity contribution in [1.29, 1.82) is 0 Å². The van der Waals surface area contributed by atoms with E-state index in [0.29, 0.717) is 0 Å². The van der Waals surface area contributed by atoms with E-state index in [2.05, 4.69) is 65.4 Å². The number of likely N-dealkylation sites (N-methyl/N-ethyl adjacent to an activating group) is 1. The highest BCUT2D eigenvalue weighted by Gasteiger charge is 2.16. The summed E-state index contributed by atoms with van der Waals surface area (Å²) >= 11 is 5.32. The second kappa shape index (κ2) is 7.25. The molecule has 2 rings (SSSR count). The van der Waals surface area contributed by atoms with Crippen molar-refractivity contribution in [2.24, 2.45) is 0 Å². The standard InChI is InChI=1S/C16H20BrNOS/c1-4-18-14(10-12-6-8-16(17)20-12)13-7-5-11(2)9-15(13)19-3/h5-9,14,18H,4,10H2,1-3H3. The number of hydrogen-bond donors (Lipinski definition) is 1. The van der Waals surface area contributed by atoms with Gasteiger partial charge in [0.1, 0.15) is 5.75 Å². The first-order chi connectivity index (χ1) is 9.63. The lowest BCUT2D eigenvalue weighted by Crippen LogP contribution is -2.23. The van der Waals surface area contributed by atoms with Crippen molar-refractivity contribution in [2.75, 3.05) is 13.7 Å². The van der Waals surface area contributed by atoms with Crippen LogP contribution in [0.2, 0.25) is 0 Å². The summed E-state index contributed by atoms with van der Waals surface area (Å²) in [6.45, 7) is 5.16. The normalized spacial score (nSPS) is 12.4. The number of methoxy groups -OCH3 is 1. The first kappa shape index (κ1) is 15.5. The van der Waals surface area contributed by atoms with Gasteiger partial charge in [-0.3, -0.25) is 0 Å². The third-order valence-electron chi connectivity index (χ3n) is 3.25. The summed E-state index contributed by atoms with van der Waals surface area (Å²) in [4.78, 5) is 1.37. The highest BCUT2D eigenvalue weighted by molar-refractivity contribution is 9.11. The summed E-state index contributed by atoms with van der Waals surface area (Å²) in [6.07, 6.45) is 0.976. The van der Waals surface area contributed by atoms with Gasteiger partial charge in [0.15, 0.2) is 0 Å². The van der Waals surface area contributed by atoms with Gasteiger partial charge in [0.25, 0.3) is 0 Å². The zero-order chi connectivity index (χ0) is 14.5. The van der Waals surface area contributed by atoms with E-state index >= 15 is 0 Å². The number of halogens is 1. The van der Waals surface area contributed by atoms with Crippen molar-refractivity contribution < 1.29 is 4.74 Å². The predicted octanol–water partition coefficient (Wildman–Crippen LogP) is 4.72. The Labute approximate surface area is 133 Å². The van der Waals surface area contributed by atoms with Gasteiger partial charge in [-0.15, -0.1) is 11.3 Å². The maximum atomic E-state index is 5.55. The molecular formula is C16H20BrNOS. The summed E-state index contributed by atoms with van der Waals surface area (Å²) < 4.78 is 6.73. The minimum absolute atomic E-state index is 0.279. The molecule has 0 radical (unpaired) electrons. The molecule has 0 amide bonds. The molecule has 1 heterocycles. The molecule has 0 aliphatic heterocycles. The molecule has 1 aromatic heterocycles. The largest absolute Gasteiger partial charge is 0.496 e. The number of thiophene rings is 1. The Morgan fingerprint density at radius 3 is 2.70 bits per heavy atom. The SMILES string of the molecule is CCNC(Cc1ccc(Br)s1)c1ccc(C)cc1OC. The van der Waals surface area contributed by atoms with Crippen molar-refractivity contribution in [1.82, 2.24) is 5.32 Å². The van der Waals surface area contributed by atoms with Crippen molar-refractivity contribution >= 4 is 27.3 Å². The molecule has 108 valence electrons. The van der Waals surface area contributed by atoms with Crippen LogP contribution in [0.1, 0.15) is 29.0 Å². The van der Waals surface area contributed by atoms with Crippen LogP contribution >= 0.6 is 27.3 Å². The minimum Gasteiger partial charge on any atom is -0.496 e. The first-order valence-electron chi connectivity index (χ1n) is 6.76. The van der Waals surface area contributed by atoms with Crippen LogP contribution in [-0.4, -0.2) is 13.7 Å². The Morgan fingerprint density at radius 2 is 2.10 bits per heavy atom. The predicted molar refractivity (Wildman–Crippen MR) is 89.9 cm³/mol. The average Bonchev–Trinajstić information content (AvgIpc) is 2.83. The van der Waals surface area contributed by atoms with Crippen LogP contribution < -0.4 is 10.1 Å². The highest BCUT2D eigenvalue weighted by atomic mass is 79.9. The van der Waals surface area contributed by atoms with Gasteiger partial charge in [-0.2, -0.15) is 0 Å². The van der Waals surface area contributed by atoms with Crippen LogP contribution in [0.4, 0.5) is 0 Å². The lowest BCUT2D eigenvalue weighted by molar-refractivity contribution is 0.399. The average molecular weight is 354 g/mol. The molecule has 1 aromatic carbocycles. The molecule has 1 atom stereocenters. The van der Waals surface area contributed by atoms with Crippen LogP contribution in [-0.2, 0) is 6.42 Å². The monoisotopic (exact) mass is 353 g/mol.